The lowest BCUT2D eigenvalue weighted by Gasteiger charge is -2.11. The lowest BCUT2D eigenvalue weighted by Crippen LogP contribution is -2.31. The predicted octanol–water partition coefficient (Wildman–Crippen LogP) is 0.339. The number of hydrogen-bond acceptors (Lipinski definition) is 5. The van der Waals surface area contributed by atoms with E-state index in [1.54, 1.807) is 6.92 Å². The molecule has 1 unspecified atom stereocenters. The summed E-state index contributed by atoms with van der Waals surface area (Å²) in [6.45, 7) is 4.24. The normalized spacial score (nSPS) is 11.9. The molecule has 0 aromatic carbocycles. The molecule has 1 amide bonds. The summed E-state index contributed by atoms with van der Waals surface area (Å²) in [4.78, 5) is 23.1. The zero-order chi connectivity index (χ0) is 13.7. The van der Waals surface area contributed by atoms with Gasteiger partial charge in [0.15, 0.2) is 5.69 Å². The van der Waals surface area contributed by atoms with Gasteiger partial charge in [0.2, 0.25) is 5.91 Å². The SMILES string of the molecule is CCCNC(=O)C(C)n1cc(N)c(C(=O)OC)n1. The van der Waals surface area contributed by atoms with Gasteiger partial charge < -0.3 is 15.8 Å². The molecule has 1 aromatic heterocycles. The van der Waals surface area contributed by atoms with Crippen molar-refractivity contribution in [1.29, 1.82) is 0 Å². The number of carbonyl (C=O) groups excluding carboxylic acids is 2. The van der Waals surface area contributed by atoms with Gasteiger partial charge in [-0.05, 0) is 13.3 Å². The van der Waals surface area contributed by atoms with Gasteiger partial charge in [-0.15, -0.1) is 0 Å². The fourth-order valence-electron chi connectivity index (χ4n) is 1.38. The van der Waals surface area contributed by atoms with Gasteiger partial charge in [-0.3, -0.25) is 9.48 Å². The van der Waals surface area contributed by atoms with Gasteiger partial charge in [0.05, 0.1) is 12.8 Å². The number of nitrogens with zero attached hydrogens (tertiary/aromatic N) is 2. The van der Waals surface area contributed by atoms with E-state index in [2.05, 4.69) is 15.2 Å². The fraction of sp³-hybridized carbons (Fsp3) is 0.545. The minimum absolute atomic E-state index is 0.0210. The average Bonchev–Trinajstić information content (AvgIpc) is 2.76. The summed E-state index contributed by atoms with van der Waals surface area (Å²) in [7, 11) is 1.25. The van der Waals surface area contributed by atoms with E-state index in [1.807, 2.05) is 6.92 Å². The Balaban J connectivity index is 2.84. The summed E-state index contributed by atoms with van der Waals surface area (Å²) < 4.78 is 5.89. The van der Waals surface area contributed by atoms with Crippen LogP contribution in [0, 0.1) is 0 Å². The summed E-state index contributed by atoms with van der Waals surface area (Å²) in [6, 6.07) is -0.530. The number of aromatic nitrogens is 2. The van der Waals surface area contributed by atoms with Crippen LogP contribution in [0.4, 0.5) is 5.69 Å². The van der Waals surface area contributed by atoms with Crippen LogP contribution in [0.15, 0.2) is 6.20 Å². The standard InChI is InChI=1S/C11H18N4O3/c1-4-5-13-10(16)7(2)15-6-8(12)9(14-15)11(17)18-3/h6-7H,4-5,12H2,1-3H3,(H,13,16). The summed E-state index contributed by atoms with van der Waals surface area (Å²) in [5.41, 5.74) is 5.85. The molecular formula is C11H18N4O3. The molecule has 0 radical (unpaired) electrons. The number of ether oxygens (including phenoxy) is 1. The van der Waals surface area contributed by atoms with Crippen LogP contribution < -0.4 is 11.1 Å². The largest absolute Gasteiger partial charge is 0.464 e. The second kappa shape index (κ2) is 6.04. The third-order valence-electron chi connectivity index (χ3n) is 2.46. The smallest absolute Gasteiger partial charge is 0.360 e. The highest BCUT2D eigenvalue weighted by Gasteiger charge is 2.20. The van der Waals surface area contributed by atoms with E-state index in [0.29, 0.717) is 6.54 Å². The first-order chi connectivity index (χ1) is 8.51. The van der Waals surface area contributed by atoms with Crippen LogP contribution in [-0.4, -0.2) is 35.3 Å². The molecule has 0 aliphatic carbocycles. The molecular weight excluding hydrogens is 236 g/mol. The Hall–Kier alpha value is -2.05. The number of hydrogen-bond donors (Lipinski definition) is 2. The minimum Gasteiger partial charge on any atom is -0.464 e. The number of rotatable bonds is 5. The van der Waals surface area contributed by atoms with Crippen molar-refractivity contribution in [3.63, 3.8) is 0 Å². The molecule has 0 spiro atoms. The van der Waals surface area contributed by atoms with Crippen molar-refractivity contribution in [2.45, 2.75) is 26.3 Å². The lowest BCUT2D eigenvalue weighted by atomic mass is 10.3. The lowest BCUT2D eigenvalue weighted by molar-refractivity contribution is -0.124. The molecule has 0 aliphatic heterocycles. The van der Waals surface area contributed by atoms with Crippen LogP contribution in [-0.2, 0) is 9.53 Å². The number of amides is 1. The Morgan fingerprint density at radius 2 is 2.28 bits per heavy atom. The highest BCUT2D eigenvalue weighted by molar-refractivity contribution is 5.92. The van der Waals surface area contributed by atoms with E-state index in [4.69, 9.17) is 5.73 Å². The van der Waals surface area contributed by atoms with Gasteiger partial charge in [-0.1, -0.05) is 6.92 Å². The molecule has 0 saturated carbocycles. The van der Waals surface area contributed by atoms with E-state index >= 15 is 0 Å². The first-order valence-electron chi connectivity index (χ1n) is 5.71. The second-order valence-corrected chi connectivity index (χ2v) is 3.87. The van der Waals surface area contributed by atoms with Gasteiger partial charge in [0.1, 0.15) is 6.04 Å². The van der Waals surface area contributed by atoms with Crippen LogP contribution in [0.3, 0.4) is 0 Å². The maximum Gasteiger partial charge on any atom is 0.360 e. The third-order valence-corrected chi connectivity index (χ3v) is 2.46. The van der Waals surface area contributed by atoms with Crippen LogP contribution in [0.2, 0.25) is 0 Å². The summed E-state index contributed by atoms with van der Waals surface area (Å²) >= 11 is 0. The van der Waals surface area contributed by atoms with Gasteiger partial charge >= 0.3 is 5.97 Å². The molecule has 0 fully saturated rings. The van der Waals surface area contributed by atoms with Gasteiger partial charge in [0, 0.05) is 12.7 Å². The van der Waals surface area contributed by atoms with E-state index in [0.717, 1.165) is 6.42 Å². The van der Waals surface area contributed by atoms with E-state index in [-0.39, 0.29) is 17.3 Å². The molecule has 1 rings (SSSR count). The number of nitrogens with two attached hydrogens (primary N) is 1. The average molecular weight is 254 g/mol. The number of nitrogens with one attached hydrogen (secondary N) is 1. The Labute approximate surface area is 105 Å². The van der Waals surface area contributed by atoms with Crippen LogP contribution >= 0.6 is 0 Å². The van der Waals surface area contributed by atoms with E-state index < -0.39 is 12.0 Å². The Bertz CT molecular complexity index is 441. The maximum absolute atomic E-state index is 11.7. The molecule has 0 bridgehead atoms. The highest BCUT2D eigenvalue weighted by atomic mass is 16.5. The molecule has 1 atom stereocenters. The van der Waals surface area contributed by atoms with Gasteiger partial charge in [-0.25, -0.2) is 4.79 Å². The van der Waals surface area contributed by atoms with Crippen molar-refractivity contribution in [2.75, 3.05) is 19.4 Å². The van der Waals surface area contributed by atoms with Crippen molar-refractivity contribution in [3.05, 3.63) is 11.9 Å². The summed E-state index contributed by atoms with van der Waals surface area (Å²) in [5, 5.41) is 6.71. The molecule has 1 heterocycles. The highest BCUT2D eigenvalue weighted by Crippen LogP contribution is 2.14. The van der Waals surface area contributed by atoms with Crippen LogP contribution in [0.5, 0.6) is 0 Å². The second-order valence-electron chi connectivity index (χ2n) is 3.87. The molecule has 18 heavy (non-hydrogen) atoms. The monoisotopic (exact) mass is 254 g/mol. The molecule has 100 valence electrons. The minimum atomic E-state index is -0.618. The number of carbonyl (C=O) groups is 2. The topological polar surface area (TPSA) is 99.2 Å². The van der Waals surface area contributed by atoms with Crippen LogP contribution in [0.1, 0.15) is 36.8 Å². The van der Waals surface area contributed by atoms with Crippen molar-refractivity contribution in [3.8, 4) is 0 Å². The molecule has 1 aromatic rings. The van der Waals surface area contributed by atoms with Crippen LogP contribution in [0.25, 0.3) is 0 Å². The summed E-state index contributed by atoms with van der Waals surface area (Å²) in [6.07, 6.45) is 2.30. The summed E-state index contributed by atoms with van der Waals surface area (Å²) in [5.74, 6) is -0.789. The zero-order valence-electron chi connectivity index (χ0n) is 10.8. The predicted molar refractivity (Wildman–Crippen MR) is 66.0 cm³/mol. The van der Waals surface area contributed by atoms with Crippen molar-refractivity contribution in [1.82, 2.24) is 15.1 Å². The van der Waals surface area contributed by atoms with E-state index in [1.165, 1.54) is 18.0 Å². The first kappa shape index (κ1) is 14.0. The maximum atomic E-state index is 11.7. The number of nitrogen functional groups attached to an aromatic ring is 1. The number of methoxy groups -OCH3 is 1. The zero-order valence-corrected chi connectivity index (χ0v) is 10.8. The van der Waals surface area contributed by atoms with Gasteiger partial charge in [-0.2, -0.15) is 5.10 Å². The third kappa shape index (κ3) is 2.99. The Morgan fingerprint density at radius 1 is 1.61 bits per heavy atom. The molecule has 3 N–H and O–H groups in total. The molecule has 0 aliphatic rings. The quantitative estimate of drug-likeness (QED) is 0.738. The van der Waals surface area contributed by atoms with Crippen molar-refractivity contribution < 1.29 is 14.3 Å². The van der Waals surface area contributed by atoms with Gasteiger partial charge in [0.25, 0.3) is 0 Å². The Morgan fingerprint density at radius 3 is 2.83 bits per heavy atom. The number of anilines is 1. The van der Waals surface area contributed by atoms with E-state index in [9.17, 15) is 9.59 Å². The number of esters is 1. The van der Waals surface area contributed by atoms with Crippen molar-refractivity contribution >= 4 is 17.6 Å². The molecule has 7 nitrogen and oxygen atoms in total. The fourth-order valence-corrected chi connectivity index (χ4v) is 1.38. The molecule has 7 heteroatoms. The van der Waals surface area contributed by atoms with Crippen molar-refractivity contribution in [2.24, 2.45) is 0 Å². The Kier molecular flexibility index (Phi) is 4.70. The first-order valence-corrected chi connectivity index (χ1v) is 5.71. The molecule has 0 saturated heterocycles.